The molecule has 150 valence electrons. The summed E-state index contributed by atoms with van der Waals surface area (Å²) in [6, 6.07) is 19.9. The lowest BCUT2D eigenvalue weighted by Crippen LogP contribution is -2.36. The third-order valence-corrected chi connectivity index (χ3v) is 6.14. The highest BCUT2D eigenvalue weighted by molar-refractivity contribution is 9.10. The lowest BCUT2D eigenvalue weighted by Gasteiger charge is -2.22. The Kier molecular flexibility index (Phi) is 6.90. The van der Waals surface area contributed by atoms with Crippen LogP contribution in [0.5, 0.6) is 0 Å². The summed E-state index contributed by atoms with van der Waals surface area (Å²) in [5.74, 6) is -0.0169. The molecule has 0 unspecified atom stereocenters. The zero-order chi connectivity index (χ0) is 19.7. The largest absolute Gasteiger partial charge is 0.308 e. The number of nitrogens with zero attached hydrogens (tertiary/aromatic N) is 3. The molecule has 0 spiro atoms. The number of fused-ring (bicyclic) bond motifs is 2. The summed E-state index contributed by atoms with van der Waals surface area (Å²) >= 11 is 5.06. The zero-order valence-corrected chi connectivity index (χ0v) is 19.4. The minimum absolute atomic E-state index is 0. The van der Waals surface area contributed by atoms with Crippen molar-refractivity contribution in [2.45, 2.75) is 0 Å². The van der Waals surface area contributed by atoms with Crippen molar-refractivity contribution in [3.8, 4) is 0 Å². The maximum Gasteiger partial charge on any atom is 0.260 e. The number of likely N-dealkylation sites (N-methyl/N-ethyl adjacent to an activating group) is 1. The topological polar surface area (TPSA) is 36.4 Å². The van der Waals surface area contributed by atoms with E-state index in [1.165, 1.54) is 0 Å². The number of carbonyl (C=O) groups excluding carboxylic acids is 1. The normalized spacial score (nSPS) is 11.0. The van der Waals surface area contributed by atoms with Gasteiger partial charge >= 0.3 is 0 Å². The molecule has 0 fully saturated rings. The van der Waals surface area contributed by atoms with Crippen LogP contribution in [0.25, 0.3) is 21.0 Å². The van der Waals surface area contributed by atoms with Gasteiger partial charge < -0.3 is 4.90 Å². The first-order valence-electron chi connectivity index (χ1n) is 9.03. The van der Waals surface area contributed by atoms with Crippen LogP contribution in [0.1, 0.15) is 10.4 Å². The quantitative estimate of drug-likeness (QED) is 0.352. The molecule has 29 heavy (non-hydrogen) atoms. The van der Waals surface area contributed by atoms with Crippen molar-refractivity contribution in [1.82, 2.24) is 9.88 Å². The first kappa shape index (κ1) is 21.7. The van der Waals surface area contributed by atoms with E-state index in [1.807, 2.05) is 74.8 Å². The minimum Gasteiger partial charge on any atom is -0.308 e. The minimum atomic E-state index is -0.0169. The fraction of sp³-hybridized carbons (Fsp3) is 0.182. The molecule has 4 aromatic rings. The highest BCUT2D eigenvalue weighted by Crippen LogP contribution is 2.32. The van der Waals surface area contributed by atoms with Gasteiger partial charge in [-0.1, -0.05) is 63.7 Å². The van der Waals surface area contributed by atoms with Crippen LogP contribution in [-0.2, 0) is 0 Å². The second-order valence-electron chi connectivity index (χ2n) is 6.90. The van der Waals surface area contributed by atoms with Crippen LogP contribution in [0.15, 0.2) is 65.1 Å². The van der Waals surface area contributed by atoms with Gasteiger partial charge in [-0.2, -0.15) is 0 Å². The summed E-state index contributed by atoms with van der Waals surface area (Å²) in [7, 11) is 4.02. The van der Waals surface area contributed by atoms with Gasteiger partial charge in [-0.3, -0.25) is 9.69 Å². The Morgan fingerprint density at radius 1 is 1.03 bits per heavy atom. The number of hydrogen-bond donors (Lipinski definition) is 0. The van der Waals surface area contributed by atoms with E-state index in [2.05, 4.69) is 20.8 Å². The van der Waals surface area contributed by atoms with E-state index >= 15 is 0 Å². The van der Waals surface area contributed by atoms with Crippen molar-refractivity contribution < 1.29 is 4.79 Å². The first-order valence-corrected chi connectivity index (χ1v) is 10.6. The Balaban J connectivity index is 0.00000240. The van der Waals surface area contributed by atoms with Gasteiger partial charge in [-0.05, 0) is 49.1 Å². The number of anilines is 1. The van der Waals surface area contributed by atoms with E-state index in [9.17, 15) is 4.79 Å². The maximum atomic E-state index is 13.6. The van der Waals surface area contributed by atoms with E-state index in [-0.39, 0.29) is 18.3 Å². The first-order chi connectivity index (χ1) is 13.5. The molecule has 0 aliphatic rings. The average molecular weight is 491 g/mol. The van der Waals surface area contributed by atoms with Crippen molar-refractivity contribution in [2.75, 3.05) is 32.1 Å². The predicted octanol–water partition coefficient (Wildman–Crippen LogP) is 5.84. The number of amides is 1. The van der Waals surface area contributed by atoms with Crippen LogP contribution >= 0.6 is 39.7 Å². The third kappa shape index (κ3) is 4.61. The number of aromatic nitrogens is 1. The van der Waals surface area contributed by atoms with Crippen LogP contribution < -0.4 is 4.90 Å². The maximum absolute atomic E-state index is 13.6. The summed E-state index contributed by atoms with van der Waals surface area (Å²) in [4.78, 5) is 22.2. The van der Waals surface area contributed by atoms with E-state index < -0.39 is 0 Å². The summed E-state index contributed by atoms with van der Waals surface area (Å²) in [5.41, 5.74) is 1.61. The molecule has 0 saturated heterocycles. The molecular formula is C22H21BrClN3OS. The standard InChI is InChI=1S/C22H20BrN3OS.ClH/c1-25(2)12-13-26(22-24-19-11-10-16(23)14-20(19)28-22)21(27)18-9-5-7-15-6-3-4-8-17(15)18;/h3-11,14H,12-13H2,1-2H3;1H. The van der Waals surface area contributed by atoms with Crippen LogP contribution in [0.3, 0.4) is 0 Å². The zero-order valence-electron chi connectivity index (χ0n) is 16.1. The highest BCUT2D eigenvalue weighted by Gasteiger charge is 2.23. The van der Waals surface area contributed by atoms with E-state index in [4.69, 9.17) is 4.98 Å². The molecule has 4 nitrogen and oxygen atoms in total. The van der Waals surface area contributed by atoms with Crippen molar-refractivity contribution in [2.24, 2.45) is 0 Å². The second kappa shape index (κ2) is 9.22. The molecule has 0 aliphatic carbocycles. The molecule has 4 rings (SSSR count). The molecular weight excluding hydrogens is 470 g/mol. The molecule has 3 aromatic carbocycles. The van der Waals surface area contributed by atoms with Crippen molar-refractivity contribution in [1.29, 1.82) is 0 Å². The third-order valence-electron chi connectivity index (χ3n) is 4.61. The van der Waals surface area contributed by atoms with Gasteiger partial charge in [0.2, 0.25) is 0 Å². The number of thiazole rings is 1. The molecule has 1 aromatic heterocycles. The summed E-state index contributed by atoms with van der Waals surface area (Å²) in [6.07, 6.45) is 0. The number of benzene rings is 3. The Bertz CT molecular complexity index is 1160. The van der Waals surface area contributed by atoms with Crippen LogP contribution in [-0.4, -0.2) is 43.0 Å². The van der Waals surface area contributed by atoms with Gasteiger partial charge in [0, 0.05) is 23.1 Å². The number of halogens is 2. The molecule has 0 saturated carbocycles. The number of hydrogen-bond acceptors (Lipinski definition) is 4. The fourth-order valence-electron chi connectivity index (χ4n) is 3.14. The van der Waals surface area contributed by atoms with Crippen molar-refractivity contribution in [3.05, 3.63) is 70.7 Å². The Hall–Kier alpha value is -1.99. The molecule has 0 atom stereocenters. The number of carbonyl (C=O) groups is 1. The van der Waals surface area contributed by atoms with Gasteiger partial charge in [0.15, 0.2) is 5.13 Å². The Morgan fingerprint density at radius 3 is 2.59 bits per heavy atom. The summed E-state index contributed by atoms with van der Waals surface area (Å²) in [5, 5.41) is 2.76. The van der Waals surface area contributed by atoms with Gasteiger partial charge in [-0.25, -0.2) is 4.98 Å². The molecule has 0 bridgehead atoms. The average Bonchev–Trinajstić information content (AvgIpc) is 3.10. The SMILES string of the molecule is CN(C)CCN(C(=O)c1cccc2ccccc12)c1nc2ccc(Br)cc2s1.Cl. The lowest BCUT2D eigenvalue weighted by molar-refractivity contribution is 0.0987. The molecule has 0 N–H and O–H groups in total. The van der Waals surface area contributed by atoms with Gasteiger partial charge in [0.05, 0.1) is 10.2 Å². The monoisotopic (exact) mass is 489 g/mol. The van der Waals surface area contributed by atoms with Gasteiger partial charge in [0.1, 0.15) is 0 Å². The smallest absolute Gasteiger partial charge is 0.260 e. The van der Waals surface area contributed by atoms with Crippen molar-refractivity contribution >= 4 is 71.7 Å². The molecule has 1 amide bonds. The Morgan fingerprint density at radius 2 is 1.79 bits per heavy atom. The van der Waals surface area contributed by atoms with Crippen molar-refractivity contribution in [3.63, 3.8) is 0 Å². The van der Waals surface area contributed by atoms with Crippen LogP contribution in [0.4, 0.5) is 5.13 Å². The predicted molar refractivity (Wildman–Crippen MR) is 129 cm³/mol. The molecule has 1 heterocycles. The van der Waals surface area contributed by atoms with Crippen LogP contribution in [0, 0.1) is 0 Å². The van der Waals surface area contributed by atoms with E-state index in [0.717, 1.165) is 37.1 Å². The summed E-state index contributed by atoms with van der Waals surface area (Å²) < 4.78 is 2.07. The highest BCUT2D eigenvalue weighted by atomic mass is 79.9. The number of rotatable bonds is 5. The molecule has 7 heteroatoms. The lowest BCUT2D eigenvalue weighted by atomic mass is 10.0. The molecule has 0 aliphatic heterocycles. The van der Waals surface area contributed by atoms with E-state index in [1.54, 1.807) is 16.2 Å². The Labute approximate surface area is 188 Å². The fourth-order valence-corrected chi connectivity index (χ4v) is 4.68. The second-order valence-corrected chi connectivity index (χ2v) is 8.82. The van der Waals surface area contributed by atoms with Gasteiger partial charge in [0.25, 0.3) is 5.91 Å². The molecule has 0 radical (unpaired) electrons. The summed E-state index contributed by atoms with van der Waals surface area (Å²) in [6.45, 7) is 1.34. The van der Waals surface area contributed by atoms with Gasteiger partial charge in [-0.15, -0.1) is 12.4 Å². The van der Waals surface area contributed by atoms with E-state index in [0.29, 0.717) is 12.1 Å². The van der Waals surface area contributed by atoms with Crippen LogP contribution in [0.2, 0.25) is 0 Å².